The van der Waals surface area contributed by atoms with Gasteiger partial charge in [-0.05, 0) is 6.92 Å². The van der Waals surface area contributed by atoms with Gasteiger partial charge in [-0.15, -0.1) is 0 Å². The second kappa shape index (κ2) is 4.88. The SMILES string of the molecule is C=COC(C)C(O)OC=C. The quantitative estimate of drug-likeness (QED) is 0.462. The van der Waals surface area contributed by atoms with Crippen molar-refractivity contribution in [2.24, 2.45) is 0 Å². The van der Waals surface area contributed by atoms with Crippen LogP contribution in [-0.4, -0.2) is 17.5 Å². The average molecular weight is 144 g/mol. The molecule has 0 radical (unpaired) electrons. The number of aliphatic hydroxyl groups is 1. The Balaban J connectivity index is 3.56. The fraction of sp³-hybridized carbons (Fsp3) is 0.429. The first-order valence-electron chi connectivity index (χ1n) is 2.93. The van der Waals surface area contributed by atoms with E-state index in [9.17, 15) is 0 Å². The molecule has 0 saturated carbocycles. The molecule has 10 heavy (non-hydrogen) atoms. The lowest BCUT2D eigenvalue weighted by atomic mass is 10.4. The standard InChI is InChI=1S/C7H12O3/c1-4-9-6(3)7(8)10-5-2/h4-8H,1-2H2,3H3. The Morgan fingerprint density at radius 2 is 1.80 bits per heavy atom. The second-order valence-electron chi connectivity index (χ2n) is 1.70. The molecule has 1 N–H and O–H groups in total. The van der Waals surface area contributed by atoms with Crippen LogP contribution < -0.4 is 0 Å². The molecule has 0 spiro atoms. The van der Waals surface area contributed by atoms with Gasteiger partial charge in [0.15, 0.2) is 6.10 Å². The predicted molar refractivity (Wildman–Crippen MR) is 38.0 cm³/mol. The van der Waals surface area contributed by atoms with Crippen molar-refractivity contribution in [1.82, 2.24) is 0 Å². The lowest BCUT2D eigenvalue weighted by molar-refractivity contribution is -0.124. The monoisotopic (exact) mass is 144 g/mol. The summed E-state index contributed by atoms with van der Waals surface area (Å²) in [5.41, 5.74) is 0. The van der Waals surface area contributed by atoms with E-state index in [0.29, 0.717) is 0 Å². The molecule has 0 aliphatic rings. The Labute approximate surface area is 60.6 Å². The fourth-order valence-electron chi connectivity index (χ4n) is 0.428. The smallest absolute Gasteiger partial charge is 0.233 e. The van der Waals surface area contributed by atoms with Gasteiger partial charge in [0, 0.05) is 0 Å². The summed E-state index contributed by atoms with van der Waals surface area (Å²) in [6.07, 6.45) is 1.01. The van der Waals surface area contributed by atoms with Crippen LogP contribution in [0.4, 0.5) is 0 Å². The zero-order chi connectivity index (χ0) is 7.98. The predicted octanol–water partition coefficient (Wildman–Crippen LogP) is 1.01. The summed E-state index contributed by atoms with van der Waals surface area (Å²) in [6, 6.07) is 0. The fourth-order valence-corrected chi connectivity index (χ4v) is 0.428. The molecular formula is C7H12O3. The van der Waals surface area contributed by atoms with Crippen LogP contribution in [0.5, 0.6) is 0 Å². The van der Waals surface area contributed by atoms with Crippen molar-refractivity contribution in [2.45, 2.75) is 19.3 Å². The summed E-state index contributed by atoms with van der Waals surface area (Å²) in [6.45, 7) is 8.27. The highest BCUT2D eigenvalue weighted by Gasteiger charge is 2.12. The summed E-state index contributed by atoms with van der Waals surface area (Å²) in [5.74, 6) is 0. The lowest BCUT2D eigenvalue weighted by Crippen LogP contribution is -2.25. The molecule has 0 amide bonds. The molecule has 0 aromatic carbocycles. The highest BCUT2D eigenvalue weighted by molar-refractivity contribution is 4.62. The molecule has 3 nitrogen and oxygen atoms in total. The molecular weight excluding hydrogens is 132 g/mol. The number of aliphatic hydroxyl groups excluding tert-OH is 1. The van der Waals surface area contributed by atoms with E-state index in [4.69, 9.17) is 9.84 Å². The zero-order valence-corrected chi connectivity index (χ0v) is 5.99. The number of hydrogen-bond donors (Lipinski definition) is 1. The average Bonchev–Trinajstić information content (AvgIpc) is 1.89. The van der Waals surface area contributed by atoms with Crippen molar-refractivity contribution < 1.29 is 14.6 Å². The van der Waals surface area contributed by atoms with Gasteiger partial charge in [0.05, 0.1) is 12.5 Å². The summed E-state index contributed by atoms with van der Waals surface area (Å²) in [4.78, 5) is 0. The first-order chi connectivity index (χ1) is 4.72. The molecule has 2 atom stereocenters. The van der Waals surface area contributed by atoms with Crippen LogP contribution in [0.25, 0.3) is 0 Å². The van der Waals surface area contributed by atoms with Crippen LogP contribution in [0.2, 0.25) is 0 Å². The van der Waals surface area contributed by atoms with Gasteiger partial charge in [-0.25, -0.2) is 0 Å². The van der Waals surface area contributed by atoms with Crippen molar-refractivity contribution in [3.8, 4) is 0 Å². The third kappa shape index (κ3) is 3.14. The Morgan fingerprint density at radius 1 is 1.30 bits per heavy atom. The van der Waals surface area contributed by atoms with Crippen molar-refractivity contribution in [2.75, 3.05) is 0 Å². The molecule has 0 bridgehead atoms. The van der Waals surface area contributed by atoms with Crippen LogP contribution >= 0.6 is 0 Å². The minimum absolute atomic E-state index is 0.421. The highest BCUT2D eigenvalue weighted by atomic mass is 16.6. The highest BCUT2D eigenvalue weighted by Crippen LogP contribution is 2.00. The van der Waals surface area contributed by atoms with Crippen molar-refractivity contribution in [3.63, 3.8) is 0 Å². The Morgan fingerprint density at radius 3 is 2.20 bits per heavy atom. The Hall–Kier alpha value is -0.960. The van der Waals surface area contributed by atoms with E-state index in [2.05, 4.69) is 17.9 Å². The third-order valence-corrected chi connectivity index (χ3v) is 0.948. The van der Waals surface area contributed by atoms with Gasteiger partial charge in [0.25, 0.3) is 0 Å². The number of ether oxygens (including phenoxy) is 2. The maximum Gasteiger partial charge on any atom is 0.233 e. The van der Waals surface area contributed by atoms with Crippen LogP contribution in [0, 0.1) is 0 Å². The molecule has 0 aliphatic heterocycles. The molecule has 0 heterocycles. The number of rotatable bonds is 5. The van der Waals surface area contributed by atoms with E-state index >= 15 is 0 Å². The van der Waals surface area contributed by atoms with E-state index in [1.54, 1.807) is 6.92 Å². The lowest BCUT2D eigenvalue weighted by Gasteiger charge is -2.16. The molecule has 0 aromatic rings. The molecule has 3 heteroatoms. The molecule has 0 aliphatic carbocycles. The van der Waals surface area contributed by atoms with Gasteiger partial charge in [-0.1, -0.05) is 13.2 Å². The maximum atomic E-state index is 8.98. The zero-order valence-electron chi connectivity index (χ0n) is 5.99. The third-order valence-electron chi connectivity index (χ3n) is 0.948. The topological polar surface area (TPSA) is 38.7 Å². The van der Waals surface area contributed by atoms with Crippen LogP contribution in [0.1, 0.15) is 6.92 Å². The van der Waals surface area contributed by atoms with Crippen molar-refractivity contribution in [1.29, 1.82) is 0 Å². The summed E-state index contributed by atoms with van der Waals surface area (Å²) in [7, 11) is 0. The van der Waals surface area contributed by atoms with Crippen LogP contribution in [0.15, 0.2) is 25.7 Å². The van der Waals surface area contributed by atoms with Gasteiger partial charge >= 0.3 is 0 Å². The molecule has 0 fully saturated rings. The van der Waals surface area contributed by atoms with Crippen LogP contribution in [-0.2, 0) is 9.47 Å². The summed E-state index contributed by atoms with van der Waals surface area (Å²) in [5, 5.41) is 8.98. The second-order valence-corrected chi connectivity index (χ2v) is 1.70. The van der Waals surface area contributed by atoms with Crippen molar-refractivity contribution in [3.05, 3.63) is 25.7 Å². The van der Waals surface area contributed by atoms with E-state index in [0.717, 1.165) is 6.26 Å². The van der Waals surface area contributed by atoms with E-state index in [1.165, 1.54) is 6.26 Å². The van der Waals surface area contributed by atoms with Gasteiger partial charge in [-0.2, -0.15) is 0 Å². The molecule has 2 unspecified atom stereocenters. The van der Waals surface area contributed by atoms with Gasteiger partial charge in [-0.3, -0.25) is 0 Å². The molecule has 0 saturated heterocycles. The largest absolute Gasteiger partial charge is 0.492 e. The van der Waals surface area contributed by atoms with E-state index in [1.807, 2.05) is 0 Å². The molecule has 58 valence electrons. The molecule has 0 rings (SSSR count). The van der Waals surface area contributed by atoms with Crippen LogP contribution in [0.3, 0.4) is 0 Å². The minimum atomic E-state index is -0.976. The Bertz CT molecular complexity index is 97.4. The summed E-state index contributed by atoms with van der Waals surface area (Å²) >= 11 is 0. The van der Waals surface area contributed by atoms with Gasteiger partial charge in [0.1, 0.15) is 0 Å². The maximum absolute atomic E-state index is 8.98. The van der Waals surface area contributed by atoms with E-state index < -0.39 is 12.4 Å². The van der Waals surface area contributed by atoms with Gasteiger partial charge in [0.2, 0.25) is 6.29 Å². The Kier molecular flexibility index (Phi) is 4.41. The summed E-state index contributed by atoms with van der Waals surface area (Å²) < 4.78 is 9.40. The normalized spacial score (nSPS) is 15.0. The first-order valence-corrected chi connectivity index (χ1v) is 2.93. The molecule has 0 aromatic heterocycles. The minimum Gasteiger partial charge on any atom is -0.492 e. The number of hydrogen-bond acceptors (Lipinski definition) is 3. The van der Waals surface area contributed by atoms with E-state index in [-0.39, 0.29) is 0 Å². The van der Waals surface area contributed by atoms with Crippen molar-refractivity contribution >= 4 is 0 Å². The van der Waals surface area contributed by atoms with Gasteiger partial charge < -0.3 is 14.6 Å². The first kappa shape index (κ1) is 9.04.